The normalized spacial score (nSPS) is 16.2. The first-order valence-corrected chi connectivity index (χ1v) is 7.78. The van der Waals surface area contributed by atoms with Gasteiger partial charge in [0, 0.05) is 21.5 Å². The van der Waals surface area contributed by atoms with Crippen molar-refractivity contribution in [2.24, 2.45) is 0 Å². The third kappa shape index (κ3) is 3.39. The first-order chi connectivity index (χ1) is 10.1. The predicted octanol–water partition coefficient (Wildman–Crippen LogP) is 3.84. The number of nitrogens with one attached hydrogen (secondary N) is 1. The zero-order valence-electron chi connectivity index (χ0n) is 11.1. The van der Waals surface area contributed by atoms with E-state index in [1.54, 1.807) is 18.2 Å². The summed E-state index contributed by atoms with van der Waals surface area (Å²) in [5.41, 5.74) is 1.71. The number of benzene rings is 2. The fourth-order valence-electron chi connectivity index (χ4n) is 2.36. The second-order valence-corrected chi connectivity index (χ2v) is 6.27. The van der Waals surface area contributed by atoms with E-state index in [2.05, 4.69) is 21.2 Å². The molecule has 1 atom stereocenters. The van der Waals surface area contributed by atoms with Crippen LogP contribution in [0, 0.1) is 0 Å². The van der Waals surface area contributed by atoms with E-state index in [1.165, 1.54) is 5.56 Å². The minimum absolute atomic E-state index is 0.0195. The number of hydrogen-bond acceptors (Lipinski definition) is 2. The van der Waals surface area contributed by atoms with E-state index in [4.69, 9.17) is 16.3 Å². The van der Waals surface area contributed by atoms with Crippen molar-refractivity contribution >= 4 is 33.4 Å². The van der Waals surface area contributed by atoms with E-state index in [0.29, 0.717) is 17.1 Å². The highest BCUT2D eigenvalue weighted by Gasteiger charge is 2.22. The average molecular weight is 367 g/mol. The lowest BCUT2D eigenvalue weighted by Crippen LogP contribution is -2.34. The summed E-state index contributed by atoms with van der Waals surface area (Å²) >= 11 is 9.28. The van der Waals surface area contributed by atoms with Crippen LogP contribution in [0.2, 0.25) is 5.02 Å². The van der Waals surface area contributed by atoms with Crippen molar-refractivity contribution in [1.29, 1.82) is 0 Å². The summed E-state index contributed by atoms with van der Waals surface area (Å²) in [5, 5.41) is 3.41. The van der Waals surface area contributed by atoms with Gasteiger partial charge >= 0.3 is 0 Å². The molecule has 108 valence electrons. The first-order valence-electron chi connectivity index (χ1n) is 6.60. The third-order valence-corrected chi connectivity index (χ3v) is 4.00. The number of fused-ring (bicyclic) bond motifs is 1. The largest absolute Gasteiger partial charge is 0.488 e. The Kier molecular flexibility index (Phi) is 4.17. The summed E-state index contributed by atoms with van der Waals surface area (Å²) in [6, 6.07) is 13.1. The Bertz CT molecular complexity index is 644. The highest BCUT2D eigenvalue weighted by Crippen LogP contribution is 2.27. The maximum Gasteiger partial charge on any atom is 0.251 e. The van der Waals surface area contributed by atoms with E-state index in [0.717, 1.165) is 16.6 Å². The van der Waals surface area contributed by atoms with Gasteiger partial charge in [-0.1, -0.05) is 45.7 Å². The summed E-state index contributed by atoms with van der Waals surface area (Å²) in [6.07, 6.45) is 0.796. The lowest BCUT2D eigenvalue weighted by atomic mass is 10.1. The van der Waals surface area contributed by atoms with Crippen LogP contribution in [-0.4, -0.2) is 18.6 Å². The first kappa shape index (κ1) is 14.4. The number of carbonyl (C=O) groups excluding carboxylic acids is 1. The molecule has 2 aromatic carbocycles. The van der Waals surface area contributed by atoms with E-state index in [1.807, 2.05) is 24.3 Å². The topological polar surface area (TPSA) is 38.3 Å². The maximum absolute atomic E-state index is 12.1. The molecular formula is C16H13BrClNO2. The molecule has 0 fully saturated rings. The molecule has 0 spiro atoms. The summed E-state index contributed by atoms with van der Waals surface area (Å²) in [7, 11) is 0. The average Bonchev–Trinajstić information content (AvgIpc) is 2.86. The van der Waals surface area contributed by atoms with E-state index < -0.39 is 0 Å². The van der Waals surface area contributed by atoms with Gasteiger partial charge in [-0.2, -0.15) is 0 Å². The summed E-state index contributed by atoms with van der Waals surface area (Å²) in [5.74, 6) is 0.750. The molecule has 2 aromatic rings. The van der Waals surface area contributed by atoms with E-state index in [9.17, 15) is 4.79 Å². The zero-order chi connectivity index (χ0) is 14.8. The second-order valence-electron chi connectivity index (χ2n) is 4.92. The quantitative estimate of drug-likeness (QED) is 0.896. The minimum atomic E-state index is -0.155. The van der Waals surface area contributed by atoms with Gasteiger partial charge in [0.2, 0.25) is 0 Å². The highest BCUT2D eigenvalue weighted by atomic mass is 79.9. The lowest BCUT2D eigenvalue weighted by molar-refractivity contribution is 0.0933. The predicted molar refractivity (Wildman–Crippen MR) is 86.0 cm³/mol. The van der Waals surface area contributed by atoms with Crippen LogP contribution in [0.5, 0.6) is 5.75 Å². The number of carbonyl (C=O) groups is 1. The van der Waals surface area contributed by atoms with Crippen molar-refractivity contribution < 1.29 is 9.53 Å². The summed E-state index contributed by atoms with van der Waals surface area (Å²) < 4.78 is 6.57. The number of ether oxygens (including phenoxy) is 1. The monoisotopic (exact) mass is 365 g/mol. The molecule has 5 heteroatoms. The van der Waals surface area contributed by atoms with Gasteiger partial charge in [0.05, 0.1) is 6.54 Å². The van der Waals surface area contributed by atoms with Gasteiger partial charge in [0.1, 0.15) is 11.9 Å². The van der Waals surface area contributed by atoms with Crippen LogP contribution in [0.4, 0.5) is 0 Å². The molecule has 3 rings (SSSR count). The number of rotatable bonds is 3. The molecule has 0 saturated carbocycles. The lowest BCUT2D eigenvalue weighted by Gasteiger charge is -2.12. The standard InChI is InChI=1S/C16H13BrClNO2/c17-12-5-11(6-13(18)8-12)16(20)19-9-14-7-10-3-1-2-4-15(10)21-14/h1-6,8,14H,7,9H2,(H,19,20). The minimum Gasteiger partial charge on any atom is -0.488 e. The van der Waals surface area contributed by atoms with E-state index >= 15 is 0 Å². The van der Waals surface area contributed by atoms with Gasteiger partial charge in [-0.3, -0.25) is 4.79 Å². The molecular weight excluding hydrogens is 354 g/mol. The zero-order valence-corrected chi connectivity index (χ0v) is 13.4. The molecule has 1 amide bonds. The third-order valence-electron chi connectivity index (χ3n) is 3.33. The molecule has 1 aliphatic heterocycles. The van der Waals surface area contributed by atoms with Gasteiger partial charge in [-0.05, 0) is 29.8 Å². The molecule has 1 unspecified atom stereocenters. The van der Waals surface area contributed by atoms with Gasteiger partial charge in [-0.15, -0.1) is 0 Å². The molecule has 21 heavy (non-hydrogen) atoms. The summed E-state index contributed by atoms with van der Waals surface area (Å²) in [4.78, 5) is 12.1. The van der Waals surface area contributed by atoms with Crippen molar-refractivity contribution in [3.05, 3.63) is 63.1 Å². The smallest absolute Gasteiger partial charge is 0.251 e. The number of amides is 1. The number of hydrogen-bond donors (Lipinski definition) is 1. The van der Waals surface area contributed by atoms with Gasteiger partial charge in [0.25, 0.3) is 5.91 Å². The van der Waals surface area contributed by atoms with Crippen LogP contribution in [0.15, 0.2) is 46.9 Å². The number of para-hydroxylation sites is 1. The van der Waals surface area contributed by atoms with Gasteiger partial charge in [0.15, 0.2) is 0 Å². The molecule has 1 N–H and O–H groups in total. The molecule has 0 saturated heterocycles. The van der Waals surface area contributed by atoms with Gasteiger partial charge in [-0.25, -0.2) is 0 Å². The summed E-state index contributed by atoms with van der Waals surface area (Å²) in [6.45, 7) is 0.470. The Morgan fingerprint density at radius 1 is 1.33 bits per heavy atom. The fraction of sp³-hybridized carbons (Fsp3) is 0.188. The maximum atomic E-state index is 12.1. The molecule has 0 radical (unpaired) electrons. The molecule has 1 heterocycles. The van der Waals surface area contributed by atoms with Crippen LogP contribution in [0.25, 0.3) is 0 Å². The Balaban J connectivity index is 1.60. The molecule has 3 nitrogen and oxygen atoms in total. The van der Waals surface area contributed by atoms with Crippen molar-refractivity contribution in [3.8, 4) is 5.75 Å². The van der Waals surface area contributed by atoms with Crippen LogP contribution in [0.3, 0.4) is 0 Å². The van der Waals surface area contributed by atoms with Gasteiger partial charge < -0.3 is 10.1 Å². The Morgan fingerprint density at radius 3 is 2.90 bits per heavy atom. The second kappa shape index (κ2) is 6.08. The fourth-order valence-corrected chi connectivity index (χ4v) is 3.22. The van der Waals surface area contributed by atoms with Crippen LogP contribution in [-0.2, 0) is 6.42 Å². The molecule has 0 aliphatic carbocycles. The molecule has 0 bridgehead atoms. The molecule has 0 aromatic heterocycles. The highest BCUT2D eigenvalue weighted by molar-refractivity contribution is 9.10. The van der Waals surface area contributed by atoms with Crippen LogP contribution < -0.4 is 10.1 Å². The van der Waals surface area contributed by atoms with Crippen molar-refractivity contribution in [3.63, 3.8) is 0 Å². The Labute approximate surface area is 136 Å². The molecule has 1 aliphatic rings. The van der Waals surface area contributed by atoms with E-state index in [-0.39, 0.29) is 12.0 Å². The van der Waals surface area contributed by atoms with Crippen LogP contribution >= 0.6 is 27.5 Å². The van der Waals surface area contributed by atoms with Crippen molar-refractivity contribution in [1.82, 2.24) is 5.32 Å². The number of halogens is 2. The SMILES string of the molecule is O=C(NCC1Cc2ccccc2O1)c1cc(Cl)cc(Br)c1. The Hall–Kier alpha value is -1.52. The van der Waals surface area contributed by atoms with Crippen molar-refractivity contribution in [2.75, 3.05) is 6.54 Å². The Morgan fingerprint density at radius 2 is 2.14 bits per heavy atom. The van der Waals surface area contributed by atoms with Crippen LogP contribution in [0.1, 0.15) is 15.9 Å². The van der Waals surface area contributed by atoms with Crippen molar-refractivity contribution in [2.45, 2.75) is 12.5 Å².